The van der Waals surface area contributed by atoms with Gasteiger partial charge in [0.15, 0.2) is 0 Å². The van der Waals surface area contributed by atoms with Crippen LogP contribution in [0.1, 0.15) is 11.1 Å². The summed E-state index contributed by atoms with van der Waals surface area (Å²) < 4.78 is 37.7. The first kappa shape index (κ1) is 14.6. The third-order valence-electron chi connectivity index (χ3n) is 2.26. The Balaban J connectivity index is 2.78. The molecule has 0 heterocycles. The third kappa shape index (κ3) is 4.78. The smallest absolute Gasteiger partial charge is 0.251 e. The molecule has 2 N–H and O–H groups in total. The van der Waals surface area contributed by atoms with E-state index in [0.29, 0.717) is 6.54 Å². The summed E-state index contributed by atoms with van der Waals surface area (Å²) in [7, 11) is 1.58. The zero-order valence-electron chi connectivity index (χ0n) is 10.1. The number of nitrogens with zero attached hydrogens (tertiary/aromatic N) is 1. The van der Waals surface area contributed by atoms with Crippen molar-refractivity contribution in [1.82, 2.24) is 4.90 Å². The number of benzene rings is 1. The molecule has 0 fully saturated rings. The van der Waals surface area contributed by atoms with Gasteiger partial charge < -0.3 is 5.73 Å². The molecular weight excluding hydrogens is 241 g/mol. The minimum Gasteiger partial charge on any atom is -0.320 e. The van der Waals surface area contributed by atoms with Gasteiger partial charge in [-0.25, -0.2) is 13.2 Å². The molecule has 98 valence electrons. The molecule has 1 aromatic rings. The van der Waals surface area contributed by atoms with Crippen LogP contribution in [0.3, 0.4) is 0 Å². The average molecular weight is 256 g/mol. The Hall–Kier alpha value is -1.51. The minimum atomic E-state index is -2.38. The van der Waals surface area contributed by atoms with Crippen LogP contribution in [0.4, 0.5) is 13.2 Å². The van der Waals surface area contributed by atoms with E-state index in [-0.39, 0.29) is 18.7 Å². The highest BCUT2D eigenvalue weighted by molar-refractivity contribution is 5.38. The highest BCUT2D eigenvalue weighted by Gasteiger charge is 2.09. The molecule has 2 nitrogen and oxygen atoms in total. The van der Waals surface area contributed by atoms with Crippen LogP contribution in [0.25, 0.3) is 0 Å². The Morgan fingerprint density at radius 3 is 2.72 bits per heavy atom. The molecule has 18 heavy (non-hydrogen) atoms. The van der Waals surface area contributed by atoms with E-state index in [0.717, 1.165) is 5.56 Å². The van der Waals surface area contributed by atoms with Crippen molar-refractivity contribution in [3.8, 4) is 11.8 Å². The van der Waals surface area contributed by atoms with Crippen LogP contribution in [0, 0.1) is 17.7 Å². The van der Waals surface area contributed by atoms with Crippen LogP contribution >= 0.6 is 0 Å². The van der Waals surface area contributed by atoms with Gasteiger partial charge in [-0.3, -0.25) is 4.90 Å². The zero-order chi connectivity index (χ0) is 13.5. The number of hydrogen-bond donors (Lipinski definition) is 1. The lowest BCUT2D eigenvalue weighted by Crippen LogP contribution is -2.24. The Bertz CT molecular complexity index is 449. The Labute approximate surface area is 105 Å². The van der Waals surface area contributed by atoms with E-state index < -0.39 is 12.2 Å². The van der Waals surface area contributed by atoms with Crippen LogP contribution in [0.2, 0.25) is 0 Å². The van der Waals surface area contributed by atoms with Crippen molar-refractivity contribution in [3.05, 3.63) is 35.1 Å². The lowest BCUT2D eigenvalue weighted by atomic mass is 10.1. The second kappa shape index (κ2) is 7.04. The predicted molar refractivity (Wildman–Crippen MR) is 64.7 cm³/mol. The second-order valence-electron chi connectivity index (χ2n) is 3.91. The molecule has 0 spiro atoms. The number of alkyl halides is 2. The van der Waals surface area contributed by atoms with Gasteiger partial charge >= 0.3 is 0 Å². The van der Waals surface area contributed by atoms with Crippen molar-refractivity contribution in [1.29, 1.82) is 0 Å². The first-order valence-corrected chi connectivity index (χ1v) is 5.47. The quantitative estimate of drug-likeness (QED) is 0.833. The Kier molecular flexibility index (Phi) is 5.69. The van der Waals surface area contributed by atoms with E-state index in [1.165, 1.54) is 11.0 Å². The van der Waals surface area contributed by atoms with Gasteiger partial charge in [0.05, 0.1) is 18.7 Å². The first-order valence-electron chi connectivity index (χ1n) is 5.47. The van der Waals surface area contributed by atoms with Gasteiger partial charge in [0.1, 0.15) is 5.82 Å². The largest absolute Gasteiger partial charge is 0.320 e. The molecule has 0 saturated heterocycles. The van der Waals surface area contributed by atoms with Gasteiger partial charge in [-0.1, -0.05) is 17.9 Å². The molecule has 0 aromatic heterocycles. The van der Waals surface area contributed by atoms with Gasteiger partial charge in [-0.2, -0.15) is 0 Å². The molecule has 0 aliphatic heterocycles. The molecule has 0 atom stereocenters. The Morgan fingerprint density at radius 1 is 1.39 bits per heavy atom. The lowest BCUT2D eigenvalue weighted by Gasteiger charge is -2.16. The normalized spacial score (nSPS) is 10.6. The van der Waals surface area contributed by atoms with Crippen molar-refractivity contribution >= 4 is 0 Å². The molecule has 0 aliphatic carbocycles. The van der Waals surface area contributed by atoms with Crippen LogP contribution in [-0.4, -0.2) is 31.5 Å². The maximum atomic E-state index is 13.4. The van der Waals surface area contributed by atoms with E-state index in [1.54, 1.807) is 19.2 Å². The average Bonchev–Trinajstić information content (AvgIpc) is 2.28. The van der Waals surface area contributed by atoms with Crippen molar-refractivity contribution in [2.75, 3.05) is 20.1 Å². The van der Waals surface area contributed by atoms with Crippen LogP contribution in [0.5, 0.6) is 0 Å². The molecule has 0 saturated carbocycles. The number of hydrogen-bond acceptors (Lipinski definition) is 2. The highest BCUT2D eigenvalue weighted by atomic mass is 19.3. The molecule has 5 heteroatoms. The third-order valence-corrected chi connectivity index (χ3v) is 2.26. The standard InChI is InChI=1S/C13H15F3N2/c1-18(9-13(15)16)8-10-4-5-12(14)11(7-10)3-2-6-17/h4-5,7,13H,6,8-9,17H2,1H3. The van der Waals surface area contributed by atoms with Crippen LogP contribution in [-0.2, 0) is 6.54 Å². The summed E-state index contributed by atoms with van der Waals surface area (Å²) in [6, 6.07) is 4.40. The number of rotatable bonds is 4. The fraction of sp³-hybridized carbons (Fsp3) is 0.385. The molecule has 1 rings (SSSR count). The number of nitrogens with two attached hydrogens (primary N) is 1. The number of halogens is 3. The summed E-state index contributed by atoms with van der Waals surface area (Å²) in [5.74, 6) is 4.74. The van der Waals surface area contributed by atoms with Crippen LogP contribution in [0.15, 0.2) is 18.2 Å². The maximum absolute atomic E-state index is 13.4. The van der Waals surface area contributed by atoms with Gasteiger partial charge in [-0.15, -0.1) is 0 Å². The minimum absolute atomic E-state index is 0.148. The van der Waals surface area contributed by atoms with E-state index in [2.05, 4.69) is 11.8 Å². The van der Waals surface area contributed by atoms with Gasteiger partial charge in [0.25, 0.3) is 6.43 Å². The van der Waals surface area contributed by atoms with Crippen molar-refractivity contribution in [2.24, 2.45) is 5.73 Å². The van der Waals surface area contributed by atoms with Gasteiger partial charge in [0, 0.05) is 6.54 Å². The summed E-state index contributed by atoms with van der Waals surface area (Å²) in [6.45, 7) is 0.151. The van der Waals surface area contributed by atoms with E-state index >= 15 is 0 Å². The van der Waals surface area contributed by atoms with Crippen LogP contribution < -0.4 is 5.73 Å². The van der Waals surface area contributed by atoms with Crippen molar-refractivity contribution < 1.29 is 13.2 Å². The maximum Gasteiger partial charge on any atom is 0.251 e. The van der Waals surface area contributed by atoms with Gasteiger partial charge in [-0.05, 0) is 24.7 Å². The Morgan fingerprint density at radius 2 is 2.11 bits per heavy atom. The molecule has 0 amide bonds. The summed E-state index contributed by atoms with van der Waals surface area (Å²) in [6.07, 6.45) is -2.38. The summed E-state index contributed by atoms with van der Waals surface area (Å²) >= 11 is 0. The molecule has 0 radical (unpaired) electrons. The summed E-state index contributed by atoms with van der Waals surface area (Å²) in [4.78, 5) is 1.47. The predicted octanol–water partition coefficient (Wildman–Crippen LogP) is 1.83. The second-order valence-corrected chi connectivity index (χ2v) is 3.91. The highest BCUT2D eigenvalue weighted by Crippen LogP contribution is 2.11. The van der Waals surface area contributed by atoms with Crippen molar-refractivity contribution in [2.45, 2.75) is 13.0 Å². The fourth-order valence-electron chi connectivity index (χ4n) is 1.52. The molecule has 1 aromatic carbocycles. The van der Waals surface area contributed by atoms with Gasteiger partial charge in [0.2, 0.25) is 0 Å². The monoisotopic (exact) mass is 256 g/mol. The molecular formula is C13H15F3N2. The lowest BCUT2D eigenvalue weighted by molar-refractivity contribution is 0.0975. The fourth-order valence-corrected chi connectivity index (χ4v) is 1.52. The molecule has 0 aliphatic rings. The van der Waals surface area contributed by atoms with E-state index in [4.69, 9.17) is 5.73 Å². The summed E-state index contributed by atoms with van der Waals surface area (Å²) in [5, 5.41) is 0. The first-order chi connectivity index (χ1) is 8.52. The van der Waals surface area contributed by atoms with Crippen molar-refractivity contribution in [3.63, 3.8) is 0 Å². The molecule has 0 unspecified atom stereocenters. The topological polar surface area (TPSA) is 29.3 Å². The van der Waals surface area contributed by atoms with E-state index in [9.17, 15) is 13.2 Å². The van der Waals surface area contributed by atoms with E-state index in [1.807, 2.05) is 0 Å². The SMILES string of the molecule is CN(Cc1ccc(F)c(C#CCN)c1)CC(F)F. The zero-order valence-corrected chi connectivity index (χ0v) is 10.1. The summed E-state index contributed by atoms with van der Waals surface area (Å²) in [5.41, 5.74) is 6.19. The molecule has 0 bridgehead atoms.